The largest absolute Gasteiger partial charge is 0.489 e. The molecule has 1 fully saturated rings. The molecule has 15 heavy (non-hydrogen) atoms. The minimum Gasteiger partial charge on any atom is -0.489 e. The first-order valence-electron chi connectivity index (χ1n) is 4.78. The number of benzene rings is 1. The van der Waals surface area contributed by atoms with Crippen LogP contribution in [0.15, 0.2) is 27.7 Å². The molecule has 0 atom stereocenters. The highest BCUT2D eigenvalue weighted by Crippen LogP contribution is 2.32. The molecule has 0 amide bonds. The highest BCUT2D eigenvalue weighted by Gasteiger charge is 2.24. The number of ether oxygens (including phenoxy) is 1. The van der Waals surface area contributed by atoms with Crippen LogP contribution in [0, 0.1) is 0 Å². The summed E-state index contributed by atoms with van der Waals surface area (Å²) >= 11 is 3.43. The first-order valence-corrected chi connectivity index (χ1v) is 5.57. The van der Waals surface area contributed by atoms with E-state index in [-0.39, 0.29) is 0 Å². The van der Waals surface area contributed by atoms with Gasteiger partial charge in [0.25, 0.3) is 0 Å². The first-order chi connectivity index (χ1) is 7.29. The summed E-state index contributed by atoms with van der Waals surface area (Å²) in [5, 5.41) is 0. The third kappa shape index (κ3) is 2.91. The molecule has 0 saturated heterocycles. The zero-order valence-electron chi connectivity index (χ0n) is 8.07. The maximum Gasteiger partial charge on any atom is 0.235 e. The van der Waals surface area contributed by atoms with Gasteiger partial charge in [-0.25, -0.2) is 9.79 Å². The van der Waals surface area contributed by atoms with E-state index in [2.05, 4.69) is 20.9 Å². The summed E-state index contributed by atoms with van der Waals surface area (Å²) in [5.41, 5.74) is 0.966. The molecule has 2 rings (SSSR count). The Labute approximate surface area is 96.3 Å². The van der Waals surface area contributed by atoms with Crippen molar-refractivity contribution in [2.24, 2.45) is 4.99 Å². The van der Waals surface area contributed by atoms with Gasteiger partial charge in [0.2, 0.25) is 6.08 Å². The summed E-state index contributed by atoms with van der Waals surface area (Å²) in [6, 6.07) is 5.72. The Kier molecular flexibility index (Phi) is 3.19. The number of isocyanates is 1. The van der Waals surface area contributed by atoms with E-state index < -0.39 is 0 Å². The van der Waals surface area contributed by atoms with E-state index in [1.165, 1.54) is 6.08 Å². The van der Waals surface area contributed by atoms with E-state index in [0.717, 1.165) is 28.6 Å². The third-order valence-electron chi connectivity index (χ3n) is 2.14. The zero-order chi connectivity index (χ0) is 10.7. The molecule has 0 bridgehead atoms. The molecule has 4 heteroatoms. The molecule has 0 aliphatic heterocycles. The number of aliphatic imine (C=N–C) groups is 1. The Hall–Kier alpha value is -1.12. The third-order valence-corrected chi connectivity index (χ3v) is 2.76. The van der Waals surface area contributed by atoms with Crippen LogP contribution in [0.5, 0.6) is 5.75 Å². The molecular formula is C11H10BrNO2. The average Bonchev–Trinajstić information content (AvgIpc) is 3.02. The van der Waals surface area contributed by atoms with Crippen LogP contribution in [0.2, 0.25) is 0 Å². The van der Waals surface area contributed by atoms with E-state index in [0.29, 0.717) is 12.6 Å². The fourth-order valence-corrected chi connectivity index (χ4v) is 1.75. The number of hydrogen-bond acceptors (Lipinski definition) is 3. The second-order valence-electron chi connectivity index (χ2n) is 3.49. The van der Waals surface area contributed by atoms with Crippen LogP contribution >= 0.6 is 15.9 Å². The quantitative estimate of drug-likeness (QED) is 0.622. The molecule has 0 N–H and O–H groups in total. The summed E-state index contributed by atoms with van der Waals surface area (Å²) in [6.07, 6.45) is 4.19. The molecule has 1 aliphatic rings. The van der Waals surface area contributed by atoms with Crippen molar-refractivity contribution in [3.63, 3.8) is 0 Å². The zero-order valence-corrected chi connectivity index (χ0v) is 9.66. The van der Waals surface area contributed by atoms with Crippen molar-refractivity contribution in [2.45, 2.75) is 25.5 Å². The van der Waals surface area contributed by atoms with Gasteiger partial charge in [0.05, 0.1) is 17.1 Å². The number of nitrogens with zero attached hydrogens (tertiary/aromatic N) is 1. The van der Waals surface area contributed by atoms with E-state index >= 15 is 0 Å². The molecule has 1 saturated carbocycles. The van der Waals surface area contributed by atoms with E-state index in [1.807, 2.05) is 18.2 Å². The van der Waals surface area contributed by atoms with E-state index in [9.17, 15) is 4.79 Å². The molecule has 0 heterocycles. The van der Waals surface area contributed by atoms with Gasteiger partial charge < -0.3 is 4.74 Å². The lowest BCUT2D eigenvalue weighted by Gasteiger charge is -2.07. The van der Waals surface area contributed by atoms with Crippen LogP contribution in [-0.2, 0) is 11.3 Å². The van der Waals surface area contributed by atoms with E-state index in [1.54, 1.807) is 0 Å². The second kappa shape index (κ2) is 4.60. The lowest BCUT2D eigenvalue weighted by molar-refractivity contribution is 0.301. The van der Waals surface area contributed by atoms with E-state index in [4.69, 9.17) is 4.74 Å². The minimum atomic E-state index is 0.367. The maximum atomic E-state index is 9.96. The fourth-order valence-electron chi connectivity index (χ4n) is 1.23. The standard InChI is InChI=1S/C11H10BrNO2/c12-10-5-8(6-13-7-14)1-4-11(10)15-9-2-3-9/h1,4-5,9H,2-3,6H2. The number of rotatable bonds is 4. The van der Waals surface area contributed by atoms with Crippen LogP contribution < -0.4 is 4.74 Å². The predicted molar refractivity (Wildman–Crippen MR) is 59.6 cm³/mol. The lowest BCUT2D eigenvalue weighted by atomic mass is 10.2. The van der Waals surface area contributed by atoms with Crippen LogP contribution in [0.25, 0.3) is 0 Å². The highest BCUT2D eigenvalue weighted by atomic mass is 79.9. The fraction of sp³-hybridized carbons (Fsp3) is 0.364. The summed E-state index contributed by atoms with van der Waals surface area (Å²) in [7, 11) is 0. The lowest BCUT2D eigenvalue weighted by Crippen LogP contribution is -1.96. The summed E-state index contributed by atoms with van der Waals surface area (Å²) in [6.45, 7) is 0.367. The molecule has 1 aromatic rings. The topological polar surface area (TPSA) is 38.7 Å². The van der Waals surface area contributed by atoms with Crippen molar-refractivity contribution in [3.05, 3.63) is 28.2 Å². The summed E-state index contributed by atoms with van der Waals surface area (Å²) in [5.74, 6) is 0.858. The monoisotopic (exact) mass is 267 g/mol. The van der Waals surface area contributed by atoms with Gasteiger partial charge in [0.15, 0.2) is 0 Å². The summed E-state index contributed by atoms with van der Waals surface area (Å²) < 4.78 is 6.57. The van der Waals surface area contributed by atoms with Crippen LogP contribution in [0.3, 0.4) is 0 Å². The molecular weight excluding hydrogens is 258 g/mol. The smallest absolute Gasteiger partial charge is 0.235 e. The van der Waals surface area contributed by atoms with Crippen LogP contribution in [0.1, 0.15) is 18.4 Å². The van der Waals surface area contributed by atoms with Gasteiger partial charge in [-0.15, -0.1) is 0 Å². The molecule has 0 aromatic heterocycles. The second-order valence-corrected chi connectivity index (χ2v) is 4.34. The number of halogens is 1. The average molecular weight is 268 g/mol. The Balaban J connectivity index is 2.10. The Morgan fingerprint density at radius 1 is 1.53 bits per heavy atom. The van der Waals surface area contributed by atoms with Crippen LogP contribution in [-0.4, -0.2) is 12.2 Å². The SMILES string of the molecule is O=C=NCc1ccc(OC2CC2)c(Br)c1. The van der Waals surface area contributed by atoms with Gasteiger partial charge in [-0.05, 0) is 46.5 Å². The normalized spacial score (nSPS) is 14.5. The molecule has 1 aliphatic carbocycles. The number of carbonyl (C=O) groups excluding carboxylic acids is 1. The Bertz CT molecular complexity index is 409. The van der Waals surface area contributed by atoms with Gasteiger partial charge in [0, 0.05) is 0 Å². The molecule has 1 aromatic carbocycles. The van der Waals surface area contributed by atoms with Gasteiger partial charge in [-0.1, -0.05) is 6.07 Å². The van der Waals surface area contributed by atoms with Crippen molar-refractivity contribution < 1.29 is 9.53 Å². The minimum absolute atomic E-state index is 0.367. The Morgan fingerprint density at radius 2 is 2.33 bits per heavy atom. The van der Waals surface area contributed by atoms with Crippen molar-refractivity contribution >= 4 is 22.0 Å². The molecule has 0 spiro atoms. The van der Waals surface area contributed by atoms with Gasteiger partial charge in [-0.3, -0.25) is 0 Å². The van der Waals surface area contributed by atoms with Gasteiger partial charge >= 0.3 is 0 Å². The van der Waals surface area contributed by atoms with Crippen molar-refractivity contribution in [3.8, 4) is 5.75 Å². The highest BCUT2D eigenvalue weighted by molar-refractivity contribution is 9.10. The summed E-state index contributed by atoms with van der Waals surface area (Å²) in [4.78, 5) is 13.5. The molecule has 0 unspecified atom stereocenters. The maximum absolute atomic E-state index is 9.96. The van der Waals surface area contributed by atoms with Gasteiger partial charge in [-0.2, -0.15) is 0 Å². The van der Waals surface area contributed by atoms with Crippen LogP contribution in [0.4, 0.5) is 0 Å². The number of hydrogen-bond donors (Lipinski definition) is 0. The van der Waals surface area contributed by atoms with Gasteiger partial charge in [0.1, 0.15) is 5.75 Å². The first kappa shape index (κ1) is 10.4. The van der Waals surface area contributed by atoms with Crippen molar-refractivity contribution in [1.82, 2.24) is 0 Å². The Morgan fingerprint density at radius 3 is 2.93 bits per heavy atom. The predicted octanol–water partition coefficient (Wildman–Crippen LogP) is 2.83. The van der Waals surface area contributed by atoms with Crippen molar-refractivity contribution in [2.75, 3.05) is 0 Å². The molecule has 78 valence electrons. The molecule has 3 nitrogen and oxygen atoms in total. The molecule has 0 radical (unpaired) electrons. The van der Waals surface area contributed by atoms with Crippen molar-refractivity contribution in [1.29, 1.82) is 0 Å².